The molecule has 0 spiro atoms. The highest BCUT2D eigenvalue weighted by Crippen LogP contribution is 2.01. The second-order valence-corrected chi connectivity index (χ2v) is 4.58. The van der Waals surface area contributed by atoms with Gasteiger partial charge in [-0.1, -0.05) is 12.1 Å². The number of nitrogens with one attached hydrogen (secondary N) is 3. The van der Waals surface area contributed by atoms with Crippen LogP contribution in [0.15, 0.2) is 24.3 Å². The van der Waals surface area contributed by atoms with Crippen LogP contribution in [-0.4, -0.2) is 50.6 Å². The van der Waals surface area contributed by atoms with E-state index in [1.54, 1.807) is 26.2 Å². The first kappa shape index (κ1) is 20.1. The minimum Gasteiger partial charge on any atom is -0.343 e. The van der Waals surface area contributed by atoms with Crippen LogP contribution in [0.4, 0.5) is 9.18 Å². The van der Waals surface area contributed by atoms with E-state index in [4.69, 9.17) is 0 Å². The molecule has 0 bridgehead atoms. The van der Waals surface area contributed by atoms with Crippen molar-refractivity contribution < 1.29 is 14.0 Å². The van der Waals surface area contributed by atoms with Crippen LogP contribution < -0.4 is 16.0 Å². The largest absolute Gasteiger partial charge is 0.343 e. The summed E-state index contributed by atoms with van der Waals surface area (Å²) in [6, 6.07) is 5.40. The molecule has 3 N–H and O–H groups in total. The van der Waals surface area contributed by atoms with E-state index in [0.29, 0.717) is 13.1 Å². The number of halogens is 2. The van der Waals surface area contributed by atoms with Crippen LogP contribution in [-0.2, 0) is 11.3 Å². The lowest BCUT2D eigenvalue weighted by molar-refractivity contribution is -0.128. The molecule has 0 aliphatic carbocycles. The van der Waals surface area contributed by atoms with Crippen LogP contribution in [0.25, 0.3) is 0 Å². The quantitative estimate of drug-likeness (QED) is 0.689. The number of rotatable bonds is 7. The highest BCUT2D eigenvalue weighted by Gasteiger charge is 2.09. The Hall–Kier alpha value is -1.86. The van der Waals surface area contributed by atoms with Gasteiger partial charge in [0.2, 0.25) is 5.91 Å². The Kier molecular flexibility index (Phi) is 9.89. The minimum atomic E-state index is -0.435. The van der Waals surface area contributed by atoms with Crippen LogP contribution in [0.2, 0.25) is 0 Å². The maximum absolute atomic E-state index is 12.7. The van der Waals surface area contributed by atoms with E-state index >= 15 is 0 Å². The van der Waals surface area contributed by atoms with Gasteiger partial charge < -0.3 is 20.9 Å². The molecule has 0 heterocycles. The van der Waals surface area contributed by atoms with E-state index in [-0.39, 0.29) is 37.2 Å². The van der Waals surface area contributed by atoms with Crippen molar-refractivity contribution in [1.29, 1.82) is 0 Å². The fourth-order valence-electron chi connectivity index (χ4n) is 1.54. The van der Waals surface area contributed by atoms with Crippen molar-refractivity contribution in [3.8, 4) is 0 Å². The van der Waals surface area contributed by atoms with Crippen molar-refractivity contribution in [2.75, 3.05) is 33.7 Å². The highest BCUT2D eigenvalue weighted by atomic mass is 35.5. The third-order valence-electron chi connectivity index (χ3n) is 2.89. The molecular formula is C14H22ClFN4O2. The lowest BCUT2D eigenvalue weighted by Crippen LogP contribution is -2.43. The number of urea groups is 1. The van der Waals surface area contributed by atoms with Crippen molar-refractivity contribution >= 4 is 24.3 Å². The zero-order chi connectivity index (χ0) is 15.7. The topological polar surface area (TPSA) is 73.5 Å². The summed E-state index contributed by atoms with van der Waals surface area (Å²) in [7, 11) is 3.48. The van der Waals surface area contributed by atoms with Crippen LogP contribution in [0.3, 0.4) is 0 Å². The van der Waals surface area contributed by atoms with E-state index in [2.05, 4.69) is 16.0 Å². The van der Waals surface area contributed by atoms with Crippen LogP contribution >= 0.6 is 12.4 Å². The first-order valence-corrected chi connectivity index (χ1v) is 6.67. The number of nitrogens with zero attached hydrogens (tertiary/aromatic N) is 1. The maximum atomic E-state index is 12.7. The normalized spacial score (nSPS) is 9.59. The molecule has 124 valence electrons. The van der Waals surface area contributed by atoms with Crippen LogP contribution in [0, 0.1) is 5.82 Å². The molecule has 0 aliphatic rings. The smallest absolute Gasteiger partial charge is 0.315 e. The second-order valence-electron chi connectivity index (χ2n) is 4.58. The summed E-state index contributed by atoms with van der Waals surface area (Å²) in [6.07, 6.45) is 0. The summed E-state index contributed by atoms with van der Waals surface area (Å²) < 4.78 is 12.7. The fraction of sp³-hybridized carbons (Fsp3) is 0.429. The van der Waals surface area contributed by atoms with Gasteiger partial charge in [-0.3, -0.25) is 4.79 Å². The number of hydrogen-bond acceptors (Lipinski definition) is 3. The first-order chi connectivity index (χ1) is 10.0. The number of likely N-dealkylation sites (N-methyl/N-ethyl adjacent to an activating group) is 2. The van der Waals surface area contributed by atoms with E-state index in [0.717, 1.165) is 5.56 Å². The number of carbonyl (C=O) groups excluding carboxylic acids is 2. The zero-order valence-corrected chi connectivity index (χ0v) is 13.5. The zero-order valence-electron chi connectivity index (χ0n) is 12.7. The average Bonchev–Trinajstić information content (AvgIpc) is 2.49. The Morgan fingerprint density at radius 3 is 2.41 bits per heavy atom. The van der Waals surface area contributed by atoms with Crippen molar-refractivity contribution in [2.45, 2.75) is 6.54 Å². The summed E-state index contributed by atoms with van der Waals surface area (Å²) in [5.74, 6) is -0.486. The predicted molar refractivity (Wildman–Crippen MR) is 85.5 cm³/mol. The number of benzene rings is 1. The van der Waals surface area contributed by atoms with E-state index in [1.165, 1.54) is 17.0 Å². The number of carbonyl (C=O) groups is 2. The number of amides is 3. The Balaban J connectivity index is 0.00000441. The molecule has 0 radical (unpaired) electrons. The third-order valence-corrected chi connectivity index (χ3v) is 2.89. The van der Waals surface area contributed by atoms with Gasteiger partial charge in [-0.15, -0.1) is 12.4 Å². The second kappa shape index (κ2) is 10.8. The Morgan fingerprint density at radius 2 is 1.82 bits per heavy atom. The summed E-state index contributed by atoms with van der Waals surface area (Å²) in [6.45, 7) is 1.48. The molecule has 0 aliphatic heterocycles. The lowest BCUT2D eigenvalue weighted by Gasteiger charge is -2.17. The molecule has 0 aromatic heterocycles. The average molecular weight is 333 g/mol. The van der Waals surface area contributed by atoms with Gasteiger partial charge >= 0.3 is 6.03 Å². The molecule has 1 aromatic rings. The Morgan fingerprint density at radius 1 is 1.18 bits per heavy atom. The molecule has 0 fully saturated rings. The van der Waals surface area contributed by atoms with Gasteiger partial charge in [0.15, 0.2) is 0 Å². The van der Waals surface area contributed by atoms with Gasteiger partial charge in [-0.05, 0) is 24.7 Å². The van der Waals surface area contributed by atoms with Crippen LogP contribution in [0.1, 0.15) is 5.56 Å². The Labute approximate surface area is 135 Å². The van der Waals surface area contributed by atoms with Crippen molar-refractivity contribution in [2.24, 2.45) is 0 Å². The molecule has 0 unspecified atom stereocenters. The summed E-state index contributed by atoms with van der Waals surface area (Å²) in [5, 5.41) is 8.03. The molecule has 3 amide bonds. The molecule has 1 aromatic carbocycles. The van der Waals surface area contributed by atoms with Gasteiger partial charge in [0.25, 0.3) is 0 Å². The van der Waals surface area contributed by atoms with Crippen molar-refractivity contribution in [1.82, 2.24) is 20.9 Å². The van der Waals surface area contributed by atoms with Crippen molar-refractivity contribution in [3.63, 3.8) is 0 Å². The fourth-order valence-corrected chi connectivity index (χ4v) is 1.54. The van der Waals surface area contributed by atoms with Gasteiger partial charge in [0, 0.05) is 26.7 Å². The first-order valence-electron chi connectivity index (χ1n) is 6.67. The van der Waals surface area contributed by atoms with Gasteiger partial charge in [-0.25, -0.2) is 9.18 Å². The monoisotopic (exact) mass is 332 g/mol. The summed E-state index contributed by atoms with van der Waals surface area (Å²) in [4.78, 5) is 24.8. The molecule has 0 atom stereocenters. The standard InChI is InChI=1S/C14H21FN4O2.ClH/c1-16-7-8-19(2)13(20)10-18-14(21)17-9-11-3-5-12(15)6-4-11;/h3-6,16H,7-10H2,1-2H3,(H2,17,18,21);1H. The minimum absolute atomic E-state index is 0. The van der Waals surface area contributed by atoms with E-state index < -0.39 is 6.03 Å². The Bertz CT molecular complexity index is 470. The lowest BCUT2D eigenvalue weighted by atomic mass is 10.2. The number of hydrogen-bond donors (Lipinski definition) is 3. The van der Waals surface area contributed by atoms with Crippen molar-refractivity contribution in [3.05, 3.63) is 35.6 Å². The summed E-state index contributed by atoms with van der Waals surface area (Å²) >= 11 is 0. The summed E-state index contributed by atoms with van der Waals surface area (Å²) in [5.41, 5.74) is 0.781. The van der Waals surface area contributed by atoms with E-state index in [9.17, 15) is 14.0 Å². The molecule has 1 rings (SSSR count). The maximum Gasteiger partial charge on any atom is 0.315 e. The van der Waals surface area contributed by atoms with Gasteiger partial charge in [0.05, 0.1) is 6.54 Å². The highest BCUT2D eigenvalue weighted by molar-refractivity contribution is 5.85. The molecule has 22 heavy (non-hydrogen) atoms. The molecular weight excluding hydrogens is 311 g/mol. The van der Waals surface area contributed by atoms with Crippen LogP contribution in [0.5, 0.6) is 0 Å². The van der Waals surface area contributed by atoms with Gasteiger partial charge in [-0.2, -0.15) is 0 Å². The van der Waals surface area contributed by atoms with Gasteiger partial charge in [0.1, 0.15) is 5.82 Å². The van der Waals surface area contributed by atoms with E-state index in [1.807, 2.05) is 0 Å². The molecule has 0 saturated carbocycles. The third kappa shape index (κ3) is 7.80. The molecule has 8 heteroatoms. The molecule has 0 saturated heterocycles. The SMILES string of the molecule is CNCCN(C)C(=O)CNC(=O)NCc1ccc(F)cc1.Cl. The molecule has 6 nitrogen and oxygen atoms in total. The predicted octanol–water partition coefficient (Wildman–Crippen LogP) is 0.725.